The number of rotatable bonds is 5. The van der Waals surface area contributed by atoms with Gasteiger partial charge in [-0.15, -0.1) is 0 Å². The number of fused-ring (bicyclic) bond motifs is 5. The molecule has 0 spiro atoms. The van der Waals surface area contributed by atoms with Crippen LogP contribution in [0, 0.1) is 52.3 Å². The number of hydrogen-bond donors (Lipinski definition) is 0. The predicted molar refractivity (Wildman–Crippen MR) is 118 cm³/mol. The molecule has 0 bridgehead atoms. The van der Waals surface area contributed by atoms with Crippen molar-refractivity contribution in [1.29, 1.82) is 0 Å². The quantitative estimate of drug-likeness (QED) is 0.427. The number of hydrogen-bond acceptors (Lipinski definition) is 0. The Labute approximate surface area is 170 Å². The third-order valence-corrected chi connectivity index (χ3v) is 10.3. The summed E-state index contributed by atoms with van der Waals surface area (Å²) in [5.74, 6) is 6.85. The van der Waals surface area contributed by atoms with Crippen LogP contribution in [0.25, 0.3) is 0 Å². The zero-order valence-corrected chi connectivity index (χ0v) is 19.0. The molecule has 0 aromatic heterocycles. The molecule has 3 saturated carbocycles. The molecule has 0 aliphatic heterocycles. The molecule has 0 N–H and O–H groups in total. The van der Waals surface area contributed by atoms with E-state index in [1.165, 1.54) is 57.8 Å². The third kappa shape index (κ3) is 3.36. The Balaban J connectivity index is 1.48. The fraction of sp³-hybridized carbons (Fsp3) is 0.926. The Morgan fingerprint density at radius 1 is 0.889 bits per heavy atom. The van der Waals surface area contributed by atoms with Gasteiger partial charge in [-0.1, -0.05) is 66.0 Å². The molecule has 0 unspecified atom stereocenters. The molecule has 8 atom stereocenters. The van der Waals surface area contributed by atoms with E-state index >= 15 is 0 Å². The van der Waals surface area contributed by atoms with Crippen molar-refractivity contribution in [3.63, 3.8) is 0 Å². The first-order chi connectivity index (χ1) is 12.9. The summed E-state index contributed by atoms with van der Waals surface area (Å²) in [6, 6.07) is 0. The molecular weight excluding hydrogens is 324 g/mol. The molecule has 27 heavy (non-hydrogen) atoms. The first-order valence-electron chi connectivity index (χ1n) is 12.5. The maximum atomic E-state index is 2.73. The lowest BCUT2D eigenvalue weighted by atomic mass is 9.45. The van der Waals surface area contributed by atoms with Gasteiger partial charge in [0.1, 0.15) is 0 Å². The SMILES string of the molecule is CC(C)CCC[C@H](C)[C@@H]1CC[C@H]2[C@@H]3CC[C@H]4CCC=C[C@]4(C)[C@H]3CC[C@@]21C. The predicted octanol–water partition coefficient (Wildman–Crippen LogP) is 8.27. The van der Waals surface area contributed by atoms with Crippen molar-refractivity contribution in [2.24, 2.45) is 52.3 Å². The molecule has 0 heteroatoms. The van der Waals surface area contributed by atoms with Crippen LogP contribution >= 0.6 is 0 Å². The summed E-state index contributed by atoms with van der Waals surface area (Å²) in [6.45, 7) is 12.8. The van der Waals surface area contributed by atoms with Crippen molar-refractivity contribution >= 4 is 0 Å². The fourth-order valence-corrected chi connectivity index (χ4v) is 8.84. The fourth-order valence-electron chi connectivity index (χ4n) is 8.84. The minimum atomic E-state index is 0.531. The van der Waals surface area contributed by atoms with Gasteiger partial charge in [-0.3, -0.25) is 0 Å². The van der Waals surface area contributed by atoms with Crippen LogP contribution in [-0.2, 0) is 0 Å². The van der Waals surface area contributed by atoms with Crippen molar-refractivity contribution in [2.45, 2.75) is 105 Å². The van der Waals surface area contributed by atoms with E-state index in [4.69, 9.17) is 0 Å². The zero-order valence-electron chi connectivity index (χ0n) is 19.0. The van der Waals surface area contributed by atoms with E-state index in [1.54, 1.807) is 12.8 Å². The van der Waals surface area contributed by atoms with Gasteiger partial charge >= 0.3 is 0 Å². The lowest BCUT2D eigenvalue weighted by Crippen LogP contribution is -2.52. The van der Waals surface area contributed by atoms with Gasteiger partial charge in [-0.25, -0.2) is 0 Å². The van der Waals surface area contributed by atoms with Crippen molar-refractivity contribution in [3.8, 4) is 0 Å². The lowest BCUT2D eigenvalue weighted by molar-refractivity contribution is -0.0845. The minimum absolute atomic E-state index is 0.531. The molecule has 0 amide bonds. The highest BCUT2D eigenvalue weighted by atomic mass is 14.6. The van der Waals surface area contributed by atoms with Gasteiger partial charge in [0.2, 0.25) is 0 Å². The zero-order chi connectivity index (χ0) is 19.2. The third-order valence-electron chi connectivity index (χ3n) is 10.3. The van der Waals surface area contributed by atoms with Crippen LogP contribution in [0.15, 0.2) is 12.2 Å². The molecule has 0 heterocycles. The Bertz CT molecular complexity index is 544. The van der Waals surface area contributed by atoms with E-state index in [0.717, 1.165) is 41.4 Å². The van der Waals surface area contributed by atoms with Crippen molar-refractivity contribution in [3.05, 3.63) is 12.2 Å². The summed E-state index contributed by atoms with van der Waals surface area (Å²) in [4.78, 5) is 0. The monoisotopic (exact) mass is 370 g/mol. The molecule has 0 aromatic carbocycles. The molecule has 0 nitrogen and oxygen atoms in total. The largest absolute Gasteiger partial charge is 0.0880 e. The van der Waals surface area contributed by atoms with Crippen molar-refractivity contribution < 1.29 is 0 Å². The lowest BCUT2D eigenvalue weighted by Gasteiger charge is -2.59. The standard InChI is InChI=1S/C27H46/c1-19(2)9-8-10-20(3)23-14-15-24-22-13-12-21-11-6-7-17-26(21,4)25(22)16-18-27(23,24)5/h7,17,19-25H,6,8-16,18H2,1-5H3/t20-,21+,22-,23-,24-,25-,26-,27+/m0/s1. The van der Waals surface area contributed by atoms with E-state index in [1.807, 2.05) is 0 Å². The molecule has 0 aromatic rings. The van der Waals surface area contributed by atoms with Crippen molar-refractivity contribution in [1.82, 2.24) is 0 Å². The Morgan fingerprint density at radius 2 is 1.70 bits per heavy atom. The Hall–Kier alpha value is -0.260. The molecule has 0 radical (unpaired) electrons. The second-order valence-electron chi connectivity index (χ2n) is 12.0. The van der Waals surface area contributed by atoms with E-state index in [2.05, 4.69) is 46.8 Å². The van der Waals surface area contributed by atoms with Crippen LogP contribution < -0.4 is 0 Å². The smallest absolute Gasteiger partial charge is 0.00872 e. The molecule has 3 fully saturated rings. The molecule has 0 saturated heterocycles. The second-order valence-corrected chi connectivity index (χ2v) is 12.0. The molecule has 4 aliphatic rings. The average molecular weight is 371 g/mol. The molecular formula is C27H46. The van der Waals surface area contributed by atoms with Crippen LogP contribution in [-0.4, -0.2) is 0 Å². The maximum absolute atomic E-state index is 2.73. The first kappa shape index (κ1) is 20.0. The highest BCUT2D eigenvalue weighted by Gasteiger charge is 2.59. The first-order valence-corrected chi connectivity index (χ1v) is 12.5. The molecule has 4 rings (SSSR count). The van der Waals surface area contributed by atoms with Crippen molar-refractivity contribution in [2.75, 3.05) is 0 Å². The summed E-state index contributed by atoms with van der Waals surface area (Å²) >= 11 is 0. The summed E-state index contributed by atoms with van der Waals surface area (Å²) in [5.41, 5.74) is 1.18. The highest BCUT2D eigenvalue weighted by molar-refractivity contribution is 5.15. The average Bonchev–Trinajstić information content (AvgIpc) is 2.98. The minimum Gasteiger partial charge on any atom is -0.0880 e. The molecule has 4 aliphatic carbocycles. The van der Waals surface area contributed by atoms with E-state index in [-0.39, 0.29) is 0 Å². The van der Waals surface area contributed by atoms with Crippen LogP contribution in [0.4, 0.5) is 0 Å². The second kappa shape index (κ2) is 7.53. The van der Waals surface area contributed by atoms with Gasteiger partial charge in [-0.2, -0.15) is 0 Å². The van der Waals surface area contributed by atoms with Crippen LogP contribution in [0.3, 0.4) is 0 Å². The maximum Gasteiger partial charge on any atom is -0.00872 e. The Morgan fingerprint density at radius 3 is 2.48 bits per heavy atom. The van der Waals surface area contributed by atoms with Gasteiger partial charge in [0.05, 0.1) is 0 Å². The van der Waals surface area contributed by atoms with Gasteiger partial charge in [0, 0.05) is 0 Å². The van der Waals surface area contributed by atoms with Crippen LogP contribution in [0.1, 0.15) is 105 Å². The van der Waals surface area contributed by atoms with E-state index < -0.39 is 0 Å². The van der Waals surface area contributed by atoms with Gasteiger partial charge in [0.15, 0.2) is 0 Å². The normalized spacial score (nSPS) is 47.4. The molecule has 154 valence electrons. The number of allylic oxidation sites excluding steroid dienone is 2. The summed E-state index contributed by atoms with van der Waals surface area (Å²) < 4.78 is 0. The summed E-state index contributed by atoms with van der Waals surface area (Å²) in [7, 11) is 0. The topological polar surface area (TPSA) is 0 Å². The van der Waals surface area contributed by atoms with E-state index in [0.29, 0.717) is 10.8 Å². The van der Waals surface area contributed by atoms with Gasteiger partial charge in [-0.05, 0) is 104 Å². The van der Waals surface area contributed by atoms with Crippen LogP contribution in [0.2, 0.25) is 0 Å². The highest BCUT2D eigenvalue weighted by Crippen LogP contribution is 2.67. The van der Waals surface area contributed by atoms with Gasteiger partial charge in [0.25, 0.3) is 0 Å². The summed E-state index contributed by atoms with van der Waals surface area (Å²) in [6.07, 6.45) is 21.5. The van der Waals surface area contributed by atoms with E-state index in [9.17, 15) is 0 Å². The van der Waals surface area contributed by atoms with Crippen LogP contribution in [0.5, 0.6) is 0 Å². The van der Waals surface area contributed by atoms with Gasteiger partial charge < -0.3 is 0 Å². The summed E-state index contributed by atoms with van der Waals surface area (Å²) in [5, 5.41) is 0. The Kier molecular flexibility index (Phi) is 5.59.